The molecule has 3 nitrogen and oxygen atoms in total. The molecule has 1 N–H and O–H groups in total. The van der Waals surface area contributed by atoms with E-state index >= 15 is 0 Å². The SMILES string of the molecule is Cc1ccccc1[C@@H](N=C(c1ccccc1)c1ccccc1)[C@H](NS(=O)C(C)(C)C)C(F)(F)F. The lowest BCUT2D eigenvalue weighted by Gasteiger charge is -2.31. The van der Waals surface area contributed by atoms with Gasteiger partial charge in [-0.2, -0.15) is 13.2 Å². The van der Waals surface area contributed by atoms with E-state index in [1.54, 1.807) is 52.0 Å². The molecule has 0 bridgehead atoms. The lowest BCUT2D eigenvalue weighted by molar-refractivity contribution is -0.155. The highest BCUT2D eigenvalue weighted by molar-refractivity contribution is 7.84. The number of halogens is 3. The molecule has 0 saturated heterocycles. The Hall–Kier alpha value is -2.77. The van der Waals surface area contributed by atoms with E-state index in [2.05, 4.69) is 4.72 Å². The average molecular weight is 487 g/mol. The van der Waals surface area contributed by atoms with Gasteiger partial charge in [-0.25, -0.2) is 8.93 Å². The van der Waals surface area contributed by atoms with Crippen LogP contribution in [0, 0.1) is 6.92 Å². The Balaban J connectivity index is 2.26. The standard InChI is InChI=1S/C27H29F3N2OS/c1-19-13-11-12-18-22(19)24(25(27(28,29)30)32-34(33)26(2,3)4)31-23(20-14-7-5-8-15-20)21-16-9-6-10-17-21/h5-18,24-25,32H,1-4H3/t24-,25+,34?/m1/s1. The first-order valence-electron chi connectivity index (χ1n) is 11.0. The van der Waals surface area contributed by atoms with Crippen LogP contribution in [0.4, 0.5) is 13.2 Å². The second kappa shape index (κ2) is 10.7. The monoisotopic (exact) mass is 486 g/mol. The lowest BCUT2D eigenvalue weighted by Crippen LogP contribution is -2.50. The first-order valence-corrected chi connectivity index (χ1v) is 12.1. The zero-order chi connectivity index (χ0) is 24.9. The van der Waals surface area contributed by atoms with Crippen LogP contribution in [-0.4, -0.2) is 26.9 Å². The summed E-state index contributed by atoms with van der Waals surface area (Å²) >= 11 is 0. The van der Waals surface area contributed by atoms with E-state index in [1.165, 1.54) is 0 Å². The average Bonchev–Trinajstić information content (AvgIpc) is 2.79. The molecule has 0 radical (unpaired) electrons. The molecular formula is C27H29F3N2OS. The highest BCUT2D eigenvalue weighted by Crippen LogP contribution is 2.36. The third-order valence-corrected chi connectivity index (χ3v) is 6.91. The Morgan fingerprint density at radius 3 is 1.74 bits per heavy atom. The minimum atomic E-state index is -4.70. The van der Waals surface area contributed by atoms with Gasteiger partial charge in [0, 0.05) is 11.1 Å². The normalized spacial score (nSPS) is 14.8. The Bertz CT molecular complexity index is 1100. The van der Waals surface area contributed by atoms with Crippen LogP contribution < -0.4 is 4.72 Å². The molecule has 34 heavy (non-hydrogen) atoms. The summed E-state index contributed by atoms with van der Waals surface area (Å²) in [6.45, 7) is 6.66. The molecule has 0 saturated carbocycles. The minimum absolute atomic E-state index is 0.424. The smallest absolute Gasteiger partial charge is 0.274 e. The summed E-state index contributed by atoms with van der Waals surface area (Å²) in [5.74, 6) is 0. The van der Waals surface area contributed by atoms with Gasteiger partial charge in [0.2, 0.25) is 0 Å². The van der Waals surface area contributed by atoms with E-state index in [1.807, 2.05) is 60.7 Å². The van der Waals surface area contributed by atoms with Crippen LogP contribution in [0.3, 0.4) is 0 Å². The van der Waals surface area contributed by atoms with Crippen molar-refractivity contribution >= 4 is 16.7 Å². The van der Waals surface area contributed by atoms with Gasteiger partial charge in [-0.05, 0) is 38.8 Å². The zero-order valence-electron chi connectivity index (χ0n) is 19.6. The van der Waals surface area contributed by atoms with Gasteiger partial charge in [0.05, 0.1) is 21.4 Å². The van der Waals surface area contributed by atoms with Crippen molar-refractivity contribution in [2.45, 2.75) is 50.7 Å². The van der Waals surface area contributed by atoms with Gasteiger partial charge in [-0.1, -0.05) is 84.9 Å². The Morgan fingerprint density at radius 1 is 0.824 bits per heavy atom. The molecule has 1 unspecified atom stereocenters. The van der Waals surface area contributed by atoms with Gasteiger partial charge in [-0.15, -0.1) is 0 Å². The number of aryl methyl sites for hydroxylation is 1. The molecule has 3 aromatic carbocycles. The summed E-state index contributed by atoms with van der Waals surface area (Å²) in [7, 11) is -1.96. The maximum atomic E-state index is 14.5. The molecule has 0 aromatic heterocycles. The second-order valence-corrected chi connectivity index (χ2v) is 11.0. The molecule has 7 heteroatoms. The molecule has 0 spiro atoms. The van der Waals surface area contributed by atoms with Crippen LogP contribution in [0.15, 0.2) is 89.9 Å². The lowest BCUT2D eigenvalue weighted by atomic mass is 9.94. The third-order valence-electron chi connectivity index (χ3n) is 5.33. The summed E-state index contributed by atoms with van der Waals surface area (Å²) in [4.78, 5) is 4.75. The quantitative estimate of drug-likeness (QED) is 0.378. The number of benzene rings is 3. The number of rotatable bonds is 7. The summed E-state index contributed by atoms with van der Waals surface area (Å²) in [6, 6.07) is 21.7. The topological polar surface area (TPSA) is 41.5 Å². The van der Waals surface area contributed by atoms with Crippen LogP contribution in [0.5, 0.6) is 0 Å². The fourth-order valence-corrected chi connectivity index (χ4v) is 4.34. The predicted octanol–water partition coefficient (Wildman–Crippen LogP) is 6.56. The fraction of sp³-hybridized carbons (Fsp3) is 0.296. The van der Waals surface area contributed by atoms with Gasteiger partial charge in [0.15, 0.2) is 0 Å². The van der Waals surface area contributed by atoms with Crippen LogP contribution >= 0.6 is 0 Å². The first-order chi connectivity index (χ1) is 16.0. The van der Waals surface area contributed by atoms with Crippen molar-refractivity contribution in [2.75, 3.05) is 0 Å². The highest BCUT2D eigenvalue weighted by Gasteiger charge is 2.48. The van der Waals surface area contributed by atoms with Gasteiger partial charge in [0.1, 0.15) is 12.1 Å². The zero-order valence-corrected chi connectivity index (χ0v) is 20.5. The molecule has 0 amide bonds. The van der Waals surface area contributed by atoms with E-state index in [0.717, 1.165) is 0 Å². The summed E-state index contributed by atoms with van der Waals surface area (Å²) in [5, 5.41) is 0. The van der Waals surface area contributed by atoms with Crippen molar-refractivity contribution in [1.29, 1.82) is 0 Å². The molecule has 3 aromatic rings. The Morgan fingerprint density at radius 2 is 1.29 bits per heavy atom. The maximum Gasteiger partial charge on any atom is 0.407 e. The van der Waals surface area contributed by atoms with Crippen molar-refractivity contribution < 1.29 is 17.4 Å². The summed E-state index contributed by atoms with van der Waals surface area (Å²) in [5.41, 5.74) is 2.93. The van der Waals surface area contributed by atoms with E-state index in [4.69, 9.17) is 4.99 Å². The number of aliphatic imine (C=N–C) groups is 1. The van der Waals surface area contributed by atoms with Crippen molar-refractivity contribution in [2.24, 2.45) is 4.99 Å². The first kappa shape index (κ1) is 25.8. The van der Waals surface area contributed by atoms with E-state index in [9.17, 15) is 17.4 Å². The van der Waals surface area contributed by atoms with Gasteiger partial charge < -0.3 is 0 Å². The molecule has 0 aliphatic rings. The Kier molecular flexibility index (Phi) is 8.10. The largest absolute Gasteiger partial charge is 0.407 e. The van der Waals surface area contributed by atoms with Crippen LogP contribution in [0.25, 0.3) is 0 Å². The van der Waals surface area contributed by atoms with Crippen molar-refractivity contribution in [3.63, 3.8) is 0 Å². The van der Waals surface area contributed by atoms with Crippen LogP contribution in [0.1, 0.15) is 49.1 Å². The third kappa shape index (κ3) is 6.42. The van der Waals surface area contributed by atoms with E-state index in [0.29, 0.717) is 28.0 Å². The van der Waals surface area contributed by atoms with E-state index in [-0.39, 0.29) is 0 Å². The van der Waals surface area contributed by atoms with Crippen molar-refractivity contribution in [3.8, 4) is 0 Å². The molecule has 3 rings (SSSR count). The van der Waals surface area contributed by atoms with Crippen LogP contribution in [-0.2, 0) is 11.0 Å². The van der Waals surface area contributed by atoms with Crippen LogP contribution in [0.2, 0.25) is 0 Å². The molecule has 0 aliphatic carbocycles. The molecule has 3 atom stereocenters. The number of hydrogen-bond acceptors (Lipinski definition) is 2. The molecule has 0 aliphatic heterocycles. The molecule has 180 valence electrons. The maximum absolute atomic E-state index is 14.5. The van der Waals surface area contributed by atoms with Gasteiger partial charge in [-0.3, -0.25) is 4.99 Å². The fourth-order valence-electron chi connectivity index (χ4n) is 3.49. The minimum Gasteiger partial charge on any atom is -0.274 e. The second-order valence-electron chi connectivity index (χ2n) is 9.03. The number of hydrogen-bond donors (Lipinski definition) is 1. The Labute approximate surface area is 201 Å². The van der Waals surface area contributed by atoms with Gasteiger partial charge >= 0.3 is 6.18 Å². The molecule has 0 heterocycles. The number of nitrogens with zero attached hydrogens (tertiary/aromatic N) is 1. The van der Waals surface area contributed by atoms with E-state index < -0.39 is 34.0 Å². The van der Waals surface area contributed by atoms with Crippen molar-refractivity contribution in [3.05, 3.63) is 107 Å². The number of nitrogens with one attached hydrogen (secondary N) is 1. The predicted molar refractivity (Wildman–Crippen MR) is 133 cm³/mol. The number of alkyl halides is 3. The summed E-state index contributed by atoms with van der Waals surface area (Å²) in [6.07, 6.45) is -4.70. The molecular weight excluding hydrogens is 457 g/mol. The summed E-state index contributed by atoms with van der Waals surface area (Å²) < 4.78 is 57.9. The van der Waals surface area contributed by atoms with Gasteiger partial charge in [0.25, 0.3) is 0 Å². The highest BCUT2D eigenvalue weighted by atomic mass is 32.2. The van der Waals surface area contributed by atoms with Crippen molar-refractivity contribution in [1.82, 2.24) is 4.72 Å². The molecule has 0 fully saturated rings.